The summed E-state index contributed by atoms with van der Waals surface area (Å²) in [6, 6.07) is 16.5. The van der Waals surface area contributed by atoms with Crippen molar-refractivity contribution in [2.75, 3.05) is 18.8 Å². The Morgan fingerprint density at radius 3 is 2.71 bits per heavy atom. The van der Waals surface area contributed by atoms with Gasteiger partial charge in [-0.15, -0.1) is 11.8 Å². The Morgan fingerprint density at radius 2 is 1.96 bits per heavy atom. The van der Waals surface area contributed by atoms with E-state index in [1.807, 2.05) is 30.3 Å². The normalized spacial score (nSPS) is 14.8. The summed E-state index contributed by atoms with van der Waals surface area (Å²) in [7, 11) is 0. The molecule has 1 aliphatic rings. The van der Waals surface area contributed by atoms with Gasteiger partial charge < -0.3 is 10.4 Å². The summed E-state index contributed by atoms with van der Waals surface area (Å²) in [4.78, 5) is 16.0. The minimum absolute atomic E-state index is 0.0931. The maximum Gasteiger partial charge on any atom is 0.252 e. The van der Waals surface area contributed by atoms with Gasteiger partial charge in [0.05, 0.1) is 11.7 Å². The maximum absolute atomic E-state index is 12.7. The molecule has 28 heavy (non-hydrogen) atoms. The van der Waals surface area contributed by atoms with Gasteiger partial charge in [-0.05, 0) is 49.6 Å². The number of rotatable bonds is 8. The van der Waals surface area contributed by atoms with E-state index >= 15 is 0 Å². The summed E-state index contributed by atoms with van der Waals surface area (Å²) >= 11 is 1.76. The molecule has 150 valence electrons. The Balaban J connectivity index is 1.55. The van der Waals surface area contributed by atoms with Crippen LogP contribution in [0, 0.1) is 0 Å². The van der Waals surface area contributed by atoms with Crippen molar-refractivity contribution < 1.29 is 9.90 Å². The number of nitrogens with one attached hydrogen (secondary N) is 1. The molecule has 0 saturated heterocycles. The summed E-state index contributed by atoms with van der Waals surface area (Å²) < 4.78 is 0. The monoisotopic (exact) mass is 398 g/mol. The molecule has 0 saturated carbocycles. The summed E-state index contributed by atoms with van der Waals surface area (Å²) in [6.45, 7) is 5.81. The van der Waals surface area contributed by atoms with Gasteiger partial charge in [-0.25, -0.2) is 0 Å². The molecular formula is C23H30N2O2S. The highest BCUT2D eigenvalue weighted by molar-refractivity contribution is 7.99. The standard InChI is InChI=1S/C23H30N2O2S/c1-17(2)25(15-18-8-4-3-5-9-18)16-20(26)14-24-23(27)21-12-6-10-19-11-7-13-28-22(19)21/h3-6,8-10,12,17,20,26H,7,11,13-16H2,1-2H3,(H,24,27). The minimum Gasteiger partial charge on any atom is -0.390 e. The quantitative estimate of drug-likeness (QED) is 0.711. The van der Waals surface area contributed by atoms with Gasteiger partial charge in [0, 0.05) is 30.6 Å². The number of nitrogens with zero attached hydrogens (tertiary/aromatic N) is 1. The van der Waals surface area contributed by atoms with Crippen LogP contribution < -0.4 is 5.32 Å². The fourth-order valence-corrected chi connectivity index (χ4v) is 4.65. The molecule has 2 aromatic rings. The Labute approximate surface area is 172 Å². The molecule has 3 rings (SSSR count). The van der Waals surface area contributed by atoms with Crippen LogP contribution >= 0.6 is 11.8 Å². The van der Waals surface area contributed by atoms with Crippen molar-refractivity contribution >= 4 is 17.7 Å². The number of hydrogen-bond acceptors (Lipinski definition) is 4. The Bertz CT molecular complexity index is 779. The van der Waals surface area contributed by atoms with Crippen molar-refractivity contribution in [3.63, 3.8) is 0 Å². The van der Waals surface area contributed by atoms with Gasteiger partial charge in [0.15, 0.2) is 0 Å². The van der Waals surface area contributed by atoms with Crippen molar-refractivity contribution in [1.82, 2.24) is 10.2 Å². The predicted molar refractivity (Wildman–Crippen MR) is 116 cm³/mol. The van der Waals surface area contributed by atoms with Crippen LogP contribution in [0.15, 0.2) is 53.4 Å². The first-order valence-corrected chi connectivity index (χ1v) is 11.0. The van der Waals surface area contributed by atoms with Crippen LogP contribution in [0.3, 0.4) is 0 Å². The first kappa shape index (κ1) is 20.9. The lowest BCUT2D eigenvalue weighted by molar-refractivity contribution is 0.0786. The van der Waals surface area contributed by atoms with Crippen LogP contribution in [0.5, 0.6) is 0 Å². The van der Waals surface area contributed by atoms with Crippen molar-refractivity contribution in [2.24, 2.45) is 0 Å². The number of benzene rings is 2. The number of amides is 1. The van der Waals surface area contributed by atoms with E-state index in [0.29, 0.717) is 12.6 Å². The van der Waals surface area contributed by atoms with Crippen LogP contribution in [0.2, 0.25) is 0 Å². The van der Waals surface area contributed by atoms with Crippen LogP contribution in [-0.4, -0.2) is 46.9 Å². The molecule has 0 bridgehead atoms. The molecule has 0 aromatic heterocycles. The minimum atomic E-state index is -0.609. The van der Waals surface area contributed by atoms with Crippen molar-refractivity contribution in [1.29, 1.82) is 0 Å². The number of fused-ring (bicyclic) bond motifs is 1. The molecule has 1 unspecified atom stereocenters. The zero-order valence-corrected chi connectivity index (χ0v) is 17.5. The average Bonchev–Trinajstić information content (AvgIpc) is 2.71. The van der Waals surface area contributed by atoms with Crippen molar-refractivity contribution in [2.45, 2.75) is 50.3 Å². The molecule has 2 N–H and O–H groups in total. The lowest BCUT2D eigenvalue weighted by atomic mass is 10.1. The molecule has 0 fully saturated rings. The van der Waals surface area contributed by atoms with E-state index in [2.05, 4.69) is 42.3 Å². The number of thioether (sulfide) groups is 1. The third-order valence-corrected chi connectivity index (χ3v) is 6.34. The molecule has 0 radical (unpaired) electrons. The largest absolute Gasteiger partial charge is 0.390 e. The average molecular weight is 399 g/mol. The molecule has 1 amide bonds. The van der Waals surface area contributed by atoms with Gasteiger partial charge in [0.1, 0.15) is 0 Å². The van der Waals surface area contributed by atoms with Crippen LogP contribution in [0.1, 0.15) is 41.8 Å². The van der Waals surface area contributed by atoms with E-state index in [-0.39, 0.29) is 12.5 Å². The number of hydrogen-bond donors (Lipinski definition) is 2. The van der Waals surface area contributed by atoms with Gasteiger partial charge in [-0.3, -0.25) is 9.69 Å². The van der Waals surface area contributed by atoms with E-state index in [1.165, 1.54) is 11.1 Å². The summed E-state index contributed by atoms with van der Waals surface area (Å²) in [5, 5.41) is 13.4. The Kier molecular flexibility index (Phi) is 7.54. The second-order valence-electron chi connectivity index (χ2n) is 7.62. The summed E-state index contributed by atoms with van der Waals surface area (Å²) in [5.74, 6) is 0.965. The summed E-state index contributed by atoms with van der Waals surface area (Å²) in [5.41, 5.74) is 3.22. The van der Waals surface area contributed by atoms with Gasteiger partial charge in [0.25, 0.3) is 5.91 Å². The maximum atomic E-state index is 12.7. The third kappa shape index (κ3) is 5.60. The molecule has 1 aliphatic heterocycles. The molecule has 1 atom stereocenters. The van der Waals surface area contributed by atoms with E-state index < -0.39 is 6.10 Å². The second kappa shape index (κ2) is 10.1. The van der Waals surface area contributed by atoms with Crippen molar-refractivity contribution in [3.05, 3.63) is 65.2 Å². The topological polar surface area (TPSA) is 52.6 Å². The highest BCUT2D eigenvalue weighted by Gasteiger charge is 2.20. The zero-order valence-electron chi connectivity index (χ0n) is 16.7. The van der Waals surface area contributed by atoms with E-state index in [9.17, 15) is 9.90 Å². The van der Waals surface area contributed by atoms with Gasteiger partial charge in [-0.1, -0.05) is 42.5 Å². The lowest BCUT2D eigenvalue weighted by Crippen LogP contribution is -2.42. The van der Waals surface area contributed by atoms with Gasteiger partial charge in [0.2, 0.25) is 0 Å². The van der Waals surface area contributed by atoms with Crippen molar-refractivity contribution in [3.8, 4) is 0 Å². The SMILES string of the molecule is CC(C)N(Cc1ccccc1)CC(O)CNC(=O)c1cccc2c1SCCC2. The predicted octanol–water partition coefficient (Wildman–Crippen LogP) is 3.73. The Morgan fingerprint density at radius 1 is 1.18 bits per heavy atom. The number of carbonyl (C=O) groups is 1. The number of aryl methyl sites for hydroxylation is 1. The third-order valence-electron chi connectivity index (χ3n) is 5.08. The van der Waals surface area contributed by atoms with Crippen LogP contribution in [0.4, 0.5) is 0 Å². The molecule has 5 heteroatoms. The number of carbonyl (C=O) groups excluding carboxylic acids is 1. The first-order chi connectivity index (χ1) is 13.5. The highest BCUT2D eigenvalue weighted by Crippen LogP contribution is 2.32. The number of aliphatic hydroxyl groups excluding tert-OH is 1. The summed E-state index contributed by atoms with van der Waals surface area (Å²) in [6.07, 6.45) is 1.59. The van der Waals surface area contributed by atoms with E-state index in [4.69, 9.17) is 0 Å². The highest BCUT2D eigenvalue weighted by atomic mass is 32.2. The van der Waals surface area contributed by atoms with E-state index in [0.717, 1.165) is 35.6 Å². The smallest absolute Gasteiger partial charge is 0.252 e. The fraction of sp³-hybridized carbons (Fsp3) is 0.435. The van der Waals surface area contributed by atoms with E-state index in [1.54, 1.807) is 11.8 Å². The first-order valence-electron chi connectivity index (χ1n) is 10.0. The molecule has 1 heterocycles. The van der Waals surface area contributed by atoms with Gasteiger partial charge >= 0.3 is 0 Å². The fourth-order valence-electron chi connectivity index (χ4n) is 3.48. The molecule has 0 spiro atoms. The zero-order chi connectivity index (χ0) is 19.9. The molecular weight excluding hydrogens is 368 g/mol. The molecule has 4 nitrogen and oxygen atoms in total. The van der Waals surface area contributed by atoms with Gasteiger partial charge in [-0.2, -0.15) is 0 Å². The van der Waals surface area contributed by atoms with Crippen LogP contribution in [0.25, 0.3) is 0 Å². The lowest BCUT2D eigenvalue weighted by Gasteiger charge is -2.29. The van der Waals surface area contributed by atoms with Crippen LogP contribution in [-0.2, 0) is 13.0 Å². The molecule has 2 aromatic carbocycles. The Hall–Kier alpha value is -1.82. The second-order valence-corrected chi connectivity index (χ2v) is 8.72. The molecule has 0 aliphatic carbocycles. The number of aliphatic hydroxyl groups is 1.